The van der Waals surface area contributed by atoms with E-state index in [0.717, 1.165) is 0 Å². The Hall–Kier alpha value is -1.28. The Balaban J connectivity index is 4.89. The van der Waals surface area contributed by atoms with Gasteiger partial charge in [0.2, 0.25) is 11.8 Å². The molecule has 8 heteroatoms. The van der Waals surface area contributed by atoms with E-state index in [9.17, 15) is 14.4 Å². The molecule has 3 atom stereocenters. The van der Waals surface area contributed by atoms with Crippen LogP contribution in [0.1, 0.15) is 40.5 Å². The van der Waals surface area contributed by atoms with Crippen molar-refractivity contribution in [3.8, 4) is 0 Å². The van der Waals surface area contributed by atoms with Gasteiger partial charge in [0.25, 0.3) is 0 Å². The molecule has 0 aromatic carbocycles. The number of carboxylic acid groups (broad SMARTS) is 1. The molecule has 0 rings (SSSR count). The number of carbonyl (C=O) groups is 3. The van der Waals surface area contributed by atoms with Crippen LogP contribution in [0.4, 0.5) is 0 Å². The molecule has 2 amide bonds. The van der Waals surface area contributed by atoms with Crippen LogP contribution in [0.25, 0.3) is 0 Å². The third-order valence-electron chi connectivity index (χ3n) is 3.20. The first-order valence-corrected chi connectivity index (χ1v) is 8.41. The van der Waals surface area contributed by atoms with Crippen molar-refractivity contribution in [1.29, 1.82) is 0 Å². The van der Waals surface area contributed by atoms with Crippen molar-refractivity contribution in [2.45, 2.75) is 58.7 Å². The van der Waals surface area contributed by atoms with Crippen LogP contribution in [0, 0.1) is 11.8 Å². The molecule has 0 spiro atoms. The maximum absolute atomic E-state index is 12.3. The fourth-order valence-electron chi connectivity index (χ4n) is 2.05. The van der Waals surface area contributed by atoms with Gasteiger partial charge in [-0.15, -0.1) is 0 Å². The molecule has 0 aliphatic rings. The van der Waals surface area contributed by atoms with Crippen molar-refractivity contribution >= 4 is 30.4 Å². The normalized spacial score (nSPS) is 15.1. The summed E-state index contributed by atoms with van der Waals surface area (Å²) in [5.41, 5.74) is 5.82. The highest BCUT2D eigenvalue weighted by atomic mass is 32.1. The zero-order chi connectivity index (χ0) is 18.2. The molecule has 0 bridgehead atoms. The van der Waals surface area contributed by atoms with Gasteiger partial charge in [-0.25, -0.2) is 4.79 Å². The standard InChI is InChI=1S/C15H29N3O4S/c1-8(2)5-10(16)13(19)17-11(6-9(3)4)14(20)18-12(7-23)15(21)22/h8-12,23H,5-7,16H2,1-4H3,(H,17,19)(H,18,20)(H,21,22)/t10-,11-,12-/m0/s1. The van der Waals surface area contributed by atoms with Crippen molar-refractivity contribution in [1.82, 2.24) is 10.6 Å². The van der Waals surface area contributed by atoms with E-state index < -0.39 is 35.9 Å². The van der Waals surface area contributed by atoms with Gasteiger partial charge in [-0.2, -0.15) is 12.6 Å². The Morgan fingerprint density at radius 2 is 1.43 bits per heavy atom. The molecule has 0 aliphatic carbocycles. The summed E-state index contributed by atoms with van der Waals surface area (Å²) in [6.07, 6.45) is 0.904. The van der Waals surface area contributed by atoms with Crippen LogP contribution in [0.3, 0.4) is 0 Å². The largest absolute Gasteiger partial charge is 0.480 e. The maximum atomic E-state index is 12.3. The minimum Gasteiger partial charge on any atom is -0.480 e. The highest BCUT2D eigenvalue weighted by Gasteiger charge is 2.28. The van der Waals surface area contributed by atoms with Gasteiger partial charge >= 0.3 is 5.97 Å². The molecule has 0 aliphatic heterocycles. The van der Waals surface area contributed by atoms with E-state index >= 15 is 0 Å². The van der Waals surface area contributed by atoms with Crippen molar-refractivity contribution < 1.29 is 19.5 Å². The summed E-state index contributed by atoms with van der Waals surface area (Å²) in [6.45, 7) is 7.73. The fraction of sp³-hybridized carbons (Fsp3) is 0.800. The van der Waals surface area contributed by atoms with E-state index in [2.05, 4.69) is 23.3 Å². The van der Waals surface area contributed by atoms with Crippen LogP contribution in [-0.4, -0.2) is 46.8 Å². The molecule has 5 N–H and O–H groups in total. The quantitative estimate of drug-likeness (QED) is 0.366. The molecule has 0 fully saturated rings. The number of nitrogens with two attached hydrogens (primary N) is 1. The second-order valence-corrected chi connectivity index (χ2v) is 6.87. The Kier molecular flexibility index (Phi) is 9.90. The third kappa shape index (κ3) is 8.80. The predicted octanol–water partition coefficient (Wildman–Crippen LogP) is 0.390. The Morgan fingerprint density at radius 3 is 1.83 bits per heavy atom. The average Bonchev–Trinajstić information content (AvgIpc) is 2.41. The summed E-state index contributed by atoms with van der Waals surface area (Å²) in [7, 11) is 0. The van der Waals surface area contributed by atoms with Crippen molar-refractivity contribution in [3.05, 3.63) is 0 Å². The van der Waals surface area contributed by atoms with Crippen molar-refractivity contribution in [2.75, 3.05) is 5.75 Å². The zero-order valence-corrected chi connectivity index (χ0v) is 15.1. The lowest BCUT2D eigenvalue weighted by molar-refractivity contribution is -0.141. The van der Waals surface area contributed by atoms with Crippen LogP contribution in [0.5, 0.6) is 0 Å². The predicted molar refractivity (Wildman–Crippen MR) is 92.2 cm³/mol. The molecule has 0 saturated carbocycles. The number of thiol groups is 1. The van der Waals surface area contributed by atoms with Gasteiger partial charge in [-0.3, -0.25) is 9.59 Å². The first-order chi connectivity index (χ1) is 10.6. The minimum absolute atomic E-state index is 0.0315. The zero-order valence-electron chi connectivity index (χ0n) is 14.2. The fourth-order valence-corrected chi connectivity index (χ4v) is 2.30. The topological polar surface area (TPSA) is 122 Å². The summed E-state index contributed by atoms with van der Waals surface area (Å²) in [5, 5.41) is 14.0. The van der Waals surface area contributed by atoms with Gasteiger partial charge in [0.05, 0.1) is 6.04 Å². The minimum atomic E-state index is -1.17. The SMILES string of the molecule is CC(C)C[C@H](NC(=O)[C@@H](N)CC(C)C)C(=O)N[C@@H](CS)C(=O)O. The maximum Gasteiger partial charge on any atom is 0.327 e. The number of carbonyl (C=O) groups excluding carboxylic acids is 2. The first kappa shape index (κ1) is 21.7. The summed E-state index contributed by atoms with van der Waals surface area (Å²) in [5.74, 6) is -1.74. The van der Waals surface area contributed by atoms with Gasteiger partial charge in [0.1, 0.15) is 12.1 Å². The van der Waals surface area contributed by atoms with Crippen molar-refractivity contribution in [3.63, 3.8) is 0 Å². The molecular formula is C15H29N3O4S. The molecule has 0 heterocycles. The molecule has 0 saturated heterocycles. The molecule has 0 radical (unpaired) electrons. The number of carboxylic acids is 1. The summed E-state index contributed by atoms with van der Waals surface area (Å²) in [6, 6.07) is -2.61. The van der Waals surface area contributed by atoms with Gasteiger partial charge in [-0.05, 0) is 24.7 Å². The summed E-state index contributed by atoms with van der Waals surface area (Å²) in [4.78, 5) is 35.4. The van der Waals surface area contributed by atoms with Gasteiger partial charge < -0.3 is 21.5 Å². The Labute approximate surface area is 143 Å². The Bertz CT molecular complexity index is 416. The highest BCUT2D eigenvalue weighted by Crippen LogP contribution is 2.08. The van der Waals surface area contributed by atoms with Gasteiger partial charge in [0, 0.05) is 5.75 Å². The van der Waals surface area contributed by atoms with Crippen LogP contribution < -0.4 is 16.4 Å². The molecule has 0 aromatic heterocycles. The highest BCUT2D eigenvalue weighted by molar-refractivity contribution is 7.80. The number of hydrogen-bond donors (Lipinski definition) is 5. The molecule has 134 valence electrons. The van der Waals surface area contributed by atoms with Gasteiger partial charge in [-0.1, -0.05) is 27.7 Å². The third-order valence-corrected chi connectivity index (χ3v) is 3.56. The smallest absolute Gasteiger partial charge is 0.327 e. The Morgan fingerprint density at radius 1 is 0.957 bits per heavy atom. The second kappa shape index (κ2) is 10.5. The number of hydrogen-bond acceptors (Lipinski definition) is 5. The lowest BCUT2D eigenvalue weighted by Gasteiger charge is -2.24. The lowest BCUT2D eigenvalue weighted by Crippen LogP contribution is -2.55. The van der Waals surface area contributed by atoms with Crippen LogP contribution in [-0.2, 0) is 14.4 Å². The molecule has 7 nitrogen and oxygen atoms in total. The molecule has 0 unspecified atom stereocenters. The van der Waals surface area contributed by atoms with Crippen LogP contribution >= 0.6 is 12.6 Å². The van der Waals surface area contributed by atoms with E-state index in [0.29, 0.717) is 12.8 Å². The molecule has 23 heavy (non-hydrogen) atoms. The lowest BCUT2D eigenvalue weighted by atomic mass is 10.0. The number of rotatable bonds is 10. The van der Waals surface area contributed by atoms with E-state index in [1.807, 2.05) is 27.7 Å². The van der Waals surface area contributed by atoms with Crippen LogP contribution in [0.15, 0.2) is 0 Å². The summed E-state index contributed by atoms with van der Waals surface area (Å²) < 4.78 is 0. The number of aliphatic carboxylic acids is 1. The van der Waals surface area contributed by atoms with E-state index in [-0.39, 0.29) is 17.6 Å². The van der Waals surface area contributed by atoms with Crippen LogP contribution in [0.2, 0.25) is 0 Å². The van der Waals surface area contributed by atoms with Gasteiger partial charge in [0.15, 0.2) is 0 Å². The second-order valence-electron chi connectivity index (χ2n) is 6.51. The summed E-state index contributed by atoms with van der Waals surface area (Å²) >= 11 is 3.91. The number of nitrogens with one attached hydrogen (secondary N) is 2. The molecule has 0 aromatic rings. The monoisotopic (exact) mass is 347 g/mol. The first-order valence-electron chi connectivity index (χ1n) is 7.78. The molecular weight excluding hydrogens is 318 g/mol. The average molecular weight is 347 g/mol. The van der Waals surface area contributed by atoms with E-state index in [4.69, 9.17) is 10.8 Å². The van der Waals surface area contributed by atoms with E-state index in [1.165, 1.54) is 0 Å². The van der Waals surface area contributed by atoms with Crippen molar-refractivity contribution in [2.24, 2.45) is 17.6 Å². The van der Waals surface area contributed by atoms with E-state index in [1.54, 1.807) is 0 Å². The number of amides is 2.